The fourth-order valence-corrected chi connectivity index (χ4v) is 3.73. The lowest BCUT2D eigenvalue weighted by Gasteiger charge is -2.06. The van der Waals surface area contributed by atoms with E-state index >= 15 is 0 Å². The molecule has 0 aliphatic rings. The van der Waals surface area contributed by atoms with Gasteiger partial charge in [-0.2, -0.15) is 13.2 Å². The van der Waals surface area contributed by atoms with Crippen molar-refractivity contribution < 1.29 is 13.2 Å². The molecule has 0 aliphatic carbocycles. The van der Waals surface area contributed by atoms with Crippen molar-refractivity contribution in [1.82, 2.24) is 9.97 Å². The monoisotopic (exact) mass is 437 g/mol. The zero-order valence-electron chi connectivity index (χ0n) is 16.5. The van der Waals surface area contributed by atoms with Gasteiger partial charge in [-0.3, -0.25) is 4.99 Å². The van der Waals surface area contributed by atoms with Gasteiger partial charge in [0.25, 0.3) is 0 Å². The molecule has 156 valence electrons. The molecule has 0 bridgehead atoms. The van der Waals surface area contributed by atoms with Crippen LogP contribution in [0.4, 0.5) is 18.9 Å². The normalized spacial score (nSPS) is 11.9. The topological polar surface area (TPSA) is 41.0 Å². The Labute approximate surface area is 182 Å². The van der Waals surface area contributed by atoms with Gasteiger partial charge in [0, 0.05) is 10.5 Å². The second-order valence-electron chi connectivity index (χ2n) is 6.89. The molecule has 0 unspecified atom stereocenters. The van der Waals surface area contributed by atoms with Crippen LogP contribution in [0.15, 0.2) is 93.8 Å². The second-order valence-corrected chi connectivity index (χ2v) is 7.95. The van der Waals surface area contributed by atoms with Crippen molar-refractivity contribution in [1.29, 1.82) is 0 Å². The molecule has 1 heterocycles. The second kappa shape index (κ2) is 8.81. The molecule has 0 fully saturated rings. The molecular formula is C24H18F3N3S. The van der Waals surface area contributed by atoms with E-state index in [9.17, 15) is 13.2 Å². The van der Waals surface area contributed by atoms with Crippen molar-refractivity contribution in [3.8, 4) is 11.4 Å². The Morgan fingerprint density at radius 3 is 2.39 bits per heavy atom. The molecule has 0 saturated carbocycles. The Bertz CT molecular complexity index is 1200. The van der Waals surface area contributed by atoms with Crippen LogP contribution in [-0.2, 0) is 6.18 Å². The molecule has 0 aliphatic heterocycles. The highest BCUT2D eigenvalue weighted by molar-refractivity contribution is 7.99. The van der Waals surface area contributed by atoms with E-state index in [2.05, 4.69) is 9.98 Å². The minimum atomic E-state index is -4.41. The van der Waals surface area contributed by atoms with Crippen molar-refractivity contribution in [2.24, 2.45) is 4.99 Å². The highest BCUT2D eigenvalue weighted by Crippen LogP contribution is 2.33. The number of alkyl halides is 3. The van der Waals surface area contributed by atoms with Gasteiger partial charge in [-0.25, -0.2) is 4.98 Å². The first kappa shape index (κ1) is 20.9. The maximum absolute atomic E-state index is 13.0. The summed E-state index contributed by atoms with van der Waals surface area (Å²) in [5.41, 5.74) is 2.18. The predicted molar refractivity (Wildman–Crippen MR) is 118 cm³/mol. The molecule has 4 rings (SSSR count). The van der Waals surface area contributed by atoms with Gasteiger partial charge in [-0.15, -0.1) is 0 Å². The molecule has 0 saturated heterocycles. The van der Waals surface area contributed by atoms with Crippen LogP contribution in [0, 0.1) is 6.92 Å². The first-order valence-corrected chi connectivity index (χ1v) is 10.3. The number of rotatable bonds is 5. The van der Waals surface area contributed by atoms with E-state index in [-0.39, 0.29) is 5.69 Å². The molecule has 4 aromatic rings. The third-order valence-electron chi connectivity index (χ3n) is 4.50. The number of aryl methyl sites for hydroxylation is 1. The molecule has 31 heavy (non-hydrogen) atoms. The number of aliphatic imine (C=N–C) groups is 1. The third-order valence-corrected chi connectivity index (χ3v) is 5.51. The quantitative estimate of drug-likeness (QED) is 0.333. The highest BCUT2D eigenvalue weighted by Gasteiger charge is 2.30. The lowest BCUT2D eigenvalue weighted by atomic mass is 10.2. The Morgan fingerprint density at radius 1 is 0.935 bits per heavy atom. The summed E-state index contributed by atoms with van der Waals surface area (Å²) >= 11 is 1.47. The van der Waals surface area contributed by atoms with Crippen LogP contribution in [-0.4, -0.2) is 16.2 Å². The van der Waals surface area contributed by atoms with Gasteiger partial charge in [0.2, 0.25) is 0 Å². The fraction of sp³-hybridized carbons (Fsp3) is 0.0833. The number of hydrogen-bond acceptors (Lipinski definition) is 3. The number of aromatic amines is 1. The zero-order chi connectivity index (χ0) is 21.8. The Balaban J connectivity index is 1.69. The number of nitrogens with one attached hydrogen (secondary N) is 1. The van der Waals surface area contributed by atoms with E-state index in [4.69, 9.17) is 4.98 Å². The van der Waals surface area contributed by atoms with Crippen LogP contribution in [0.1, 0.15) is 16.8 Å². The van der Waals surface area contributed by atoms with Crippen LogP contribution in [0.3, 0.4) is 0 Å². The van der Waals surface area contributed by atoms with Gasteiger partial charge in [0.05, 0.1) is 23.2 Å². The third kappa shape index (κ3) is 5.24. The number of halogens is 3. The molecule has 0 amide bonds. The van der Waals surface area contributed by atoms with Crippen LogP contribution >= 0.6 is 11.8 Å². The predicted octanol–water partition coefficient (Wildman–Crippen LogP) is 7.31. The van der Waals surface area contributed by atoms with Crippen molar-refractivity contribution in [2.75, 3.05) is 0 Å². The molecule has 1 aromatic heterocycles. The van der Waals surface area contributed by atoms with Gasteiger partial charge in [-0.05, 0) is 37.3 Å². The average molecular weight is 437 g/mol. The molecular weight excluding hydrogens is 419 g/mol. The number of hydrogen-bond donors (Lipinski definition) is 1. The average Bonchev–Trinajstić information content (AvgIpc) is 3.17. The number of aromatic nitrogens is 2. The van der Waals surface area contributed by atoms with Gasteiger partial charge in [0.1, 0.15) is 10.9 Å². The van der Waals surface area contributed by atoms with Gasteiger partial charge in [0.15, 0.2) is 0 Å². The maximum atomic E-state index is 13.0. The largest absolute Gasteiger partial charge is 0.416 e. The summed E-state index contributed by atoms with van der Waals surface area (Å²) in [5.74, 6) is 0.667. The summed E-state index contributed by atoms with van der Waals surface area (Å²) in [6, 6.07) is 22.6. The van der Waals surface area contributed by atoms with Crippen molar-refractivity contribution >= 4 is 23.7 Å². The summed E-state index contributed by atoms with van der Waals surface area (Å²) in [6.07, 6.45) is -2.89. The van der Waals surface area contributed by atoms with E-state index in [1.54, 1.807) is 0 Å². The van der Waals surface area contributed by atoms with E-state index in [1.807, 2.05) is 61.5 Å². The molecule has 1 N–H and O–H groups in total. The van der Waals surface area contributed by atoms with Gasteiger partial charge >= 0.3 is 6.18 Å². The smallest absolute Gasteiger partial charge is 0.336 e. The molecule has 0 spiro atoms. The van der Waals surface area contributed by atoms with Crippen molar-refractivity contribution in [3.63, 3.8) is 0 Å². The van der Waals surface area contributed by atoms with E-state index in [1.165, 1.54) is 30.1 Å². The molecule has 0 radical (unpaired) electrons. The van der Waals surface area contributed by atoms with Gasteiger partial charge < -0.3 is 4.98 Å². The minimum Gasteiger partial charge on any atom is -0.336 e. The van der Waals surface area contributed by atoms with Crippen LogP contribution < -0.4 is 0 Å². The first-order valence-electron chi connectivity index (χ1n) is 9.50. The minimum absolute atomic E-state index is 0.219. The summed E-state index contributed by atoms with van der Waals surface area (Å²) in [4.78, 5) is 13.2. The highest BCUT2D eigenvalue weighted by atomic mass is 32.2. The van der Waals surface area contributed by atoms with E-state index in [0.717, 1.165) is 28.2 Å². The van der Waals surface area contributed by atoms with Crippen molar-refractivity contribution in [3.05, 3.63) is 95.7 Å². The standard InChI is InChI=1S/C24H18F3N3S/c1-16-10-12-20(13-11-16)31-23-21(29-22(30-23)17-6-3-2-4-7-17)15-28-19-9-5-8-18(14-19)24(25,26)27/h2-15H,1H3,(H,29,30). The molecule has 3 nitrogen and oxygen atoms in total. The lowest BCUT2D eigenvalue weighted by Crippen LogP contribution is -2.03. The Hall–Kier alpha value is -3.32. The summed E-state index contributed by atoms with van der Waals surface area (Å²) < 4.78 is 39.0. The van der Waals surface area contributed by atoms with E-state index < -0.39 is 11.7 Å². The van der Waals surface area contributed by atoms with E-state index in [0.29, 0.717) is 16.5 Å². The summed E-state index contributed by atoms with van der Waals surface area (Å²) in [7, 11) is 0. The zero-order valence-corrected chi connectivity index (χ0v) is 17.3. The number of benzene rings is 3. The SMILES string of the molecule is Cc1ccc(Sc2nc(-c3ccccc3)[nH]c2C=Nc2cccc(C(F)(F)F)c2)cc1. The first-order chi connectivity index (χ1) is 14.9. The van der Waals surface area contributed by atoms with Crippen LogP contribution in [0.25, 0.3) is 11.4 Å². The number of nitrogens with zero attached hydrogens (tertiary/aromatic N) is 2. The maximum Gasteiger partial charge on any atom is 0.416 e. The Morgan fingerprint density at radius 2 is 1.68 bits per heavy atom. The molecule has 0 atom stereocenters. The Kier molecular flexibility index (Phi) is 5.95. The van der Waals surface area contributed by atoms with Gasteiger partial charge in [-0.1, -0.05) is 65.9 Å². The summed E-state index contributed by atoms with van der Waals surface area (Å²) in [5, 5.41) is 0.693. The van der Waals surface area contributed by atoms with Crippen LogP contribution in [0.5, 0.6) is 0 Å². The fourth-order valence-electron chi connectivity index (χ4n) is 2.89. The molecule has 3 aromatic carbocycles. The number of imidazole rings is 1. The summed E-state index contributed by atoms with van der Waals surface area (Å²) in [6.45, 7) is 2.02. The number of H-pyrrole nitrogens is 1. The van der Waals surface area contributed by atoms with Crippen molar-refractivity contribution in [2.45, 2.75) is 23.0 Å². The molecule has 7 heteroatoms. The lowest BCUT2D eigenvalue weighted by molar-refractivity contribution is -0.137. The van der Waals surface area contributed by atoms with Crippen LogP contribution in [0.2, 0.25) is 0 Å².